The van der Waals surface area contributed by atoms with E-state index in [1.54, 1.807) is 0 Å². The molecule has 0 heterocycles. The SMILES string of the molecule is CCCCCCCCCCC(Cl)C(C)(C)C. The van der Waals surface area contributed by atoms with Crippen LogP contribution in [0.1, 0.15) is 85.5 Å². The molecule has 0 aromatic rings. The maximum absolute atomic E-state index is 6.34. The molecule has 0 amide bonds. The molecule has 0 spiro atoms. The van der Waals surface area contributed by atoms with Crippen molar-refractivity contribution < 1.29 is 0 Å². The summed E-state index contributed by atoms with van der Waals surface area (Å²) in [5.41, 5.74) is 0.267. The van der Waals surface area contributed by atoms with Crippen molar-refractivity contribution in [3.63, 3.8) is 0 Å². The van der Waals surface area contributed by atoms with E-state index in [0.29, 0.717) is 5.38 Å². The zero-order valence-corrected chi connectivity index (χ0v) is 12.6. The van der Waals surface area contributed by atoms with Crippen LogP contribution in [0.15, 0.2) is 0 Å². The zero-order valence-electron chi connectivity index (χ0n) is 11.8. The first kappa shape index (κ1) is 16.3. The van der Waals surface area contributed by atoms with Gasteiger partial charge in [0.05, 0.1) is 0 Å². The second-order valence-electron chi connectivity index (χ2n) is 6.10. The van der Waals surface area contributed by atoms with Crippen LogP contribution < -0.4 is 0 Å². The van der Waals surface area contributed by atoms with E-state index in [-0.39, 0.29) is 5.41 Å². The Morgan fingerprint density at radius 3 is 1.69 bits per heavy atom. The first-order valence-corrected chi connectivity index (χ1v) is 7.56. The van der Waals surface area contributed by atoms with Crippen LogP contribution in [0.5, 0.6) is 0 Å². The molecule has 0 aliphatic heterocycles. The summed E-state index contributed by atoms with van der Waals surface area (Å²) in [4.78, 5) is 0. The Balaban J connectivity index is 3.21. The molecule has 1 heteroatoms. The molecule has 0 fully saturated rings. The summed E-state index contributed by atoms with van der Waals surface area (Å²) in [5.74, 6) is 0. The Morgan fingerprint density at radius 1 is 0.812 bits per heavy atom. The third-order valence-corrected chi connectivity index (χ3v) is 4.12. The number of unbranched alkanes of at least 4 members (excludes halogenated alkanes) is 7. The van der Waals surface area contributed by atoms with Crippen LogP contribution >= 0.6 is 11.6 Å². The maximum Gasteiger partial charge on any atom is 0.0384 e. The molecule has 0 nitrogen and oxygen atoms in total. The summed E-state index contributed by atoms with van der Waals surface area (Å²) in [6.45, 7) is 8.97. The second-order valence-corrected chi connectivity index (χ2v) is 6.62. The average Bonchev–Trinajstić information content (AvgIpc) is 2.20. The van der Waals surface area contributed by atoms with Gasteiger partial charge in [-0.15, -0.1) is 11.6 Å². The molecule has 0 saturated heterocycles. The van der Waals surface area contributed by atoms with Crippen LogP contribution in [-0.4, -0.2) is 5.38 Å². The molecule has 16 heavy (non-hydrogen) atoms. The molecule has 1 atom stereocenters. The van der Waals surface area contributed by atoms with Gasteiger partial charge in [-0.2, -0.15) is 0 Å². The highest BCUT2D eigenvalue weighted by Gasteiger charge is 2.21. The Morgan fingerprint density at radius 2 is 1.25 bits per heavy atom. The summed E-state index contributed by atoms with van der Waals surface area (Å²) in [7, 11) is 0. The minimum Gasteiger partial charge on any atom is -0.122 e. The first-order valence-electron chi connectivity index (χ1n) is 7.12. The molecule has 0 bridgehead atoms. The van der Waals surface area contributed by atoms with Crippen molar-refractivity contribution in [2.45, 2.75) is 90.9 Å². The molecule has 0 aromatic heterocycles. The van der Waals surface area contributed by atoms with Gasteiger partial charge in [-0.05, 0) is 11.8 Å². The fourth-order valence-electron chi connectivity index (χ4n) is 1.89. The lowest BCUT2D eigenvalue weighted by Gasteiger charge is -2.24. The Bertz CT molecular complexity index is 146. The molecular weight excluding hydrogens is 216 g/mol. The third kappa shape index (κ3) is 9.51. The normalized spacial score (nSPS) is 14.1. The standard InChI is InChI=1S/C15H31Cl/c1-5-6-7-8-9-10-11-12-13-14(16)15(2,3)4/h14H,5-13H2,1-4H3. The molecule has 0 rings (SSSR count). The van der Waals surface area contributed by atoms with Gasteiger partial charge in [0.25, 0.3) is 0 Å². The Labute approximate surface area is 108 Å². The highest BCUT2D eigenvalue weighted by molar-refractivity contribution is 6.21. The fourth-order valence-corrected chi connectivity index (χ4v) is 2.04. The van der Waals surface area contributed by atoms with Gasteiger partial charge in [0, 0.05) is 5.38 Å². The number of hydrogen-bond acceptors (Lipinski definition) is 0. The van der Waals surface area contributed by atoms with Crippen molar-refractivity contribution in [2.24, 2.45) is 5.41 Å². The van der Waals surface area contributed by atoms with E-state index in [0.717, 1.165) is 0 Å². The van der Waals surface area contributed by atoms with E-state index in [9.17, 15) is 0 Å². The van der Waals surface area contributed by atoms with E-state index >= 15 is 0 Å². The van der Waals surface area contributed by atoms with Crippen LogP contribution in [0.4, 0.5) is 0 Å². The van der Waals surface area contributed by atoms with E-state index < -0.39 is 0 Å². The molecule has 0 aromatic carbocycles. The number of halogens is 1. The van der Waals surface area contributed by atoms with E-state index in [1.165, 1.54) is 57.8 Å². The van der Waals surface area contributed by atoms with E-state index in [4.69, 9.17) is 11.6 Å². The van der Waals surface area contributed by atoms with Gasteiger partial charge >= 0.3 is 0 Å². The fraction of sp³-hybridized carbons (Fsp3) is 1.00. The molecular formula is C15H31Cl. The Kier molecular flexibility index (Phi) is 9.50. The van der Waals surface area contributed by atoms with Crippen LogP contribution in [-0.2, 0) is 0 Å². The van der Waals surface area contributed by atoms with Gasteiger partial charge in [-0.1, -0.05) is 79.1 Å². The molecule has 0 radical (unpaired) electrons. The highest BCUT2D eigenvalue weighted by Crippen LogP contribution is 2.28. The second kappa shape index (κ2) is 9.33. The molecule has 1 unspecified atom stereocenters. The maximum atomic E-state index is 6.34. The van der Waals surface area contributed by atoms with Gasteiger partial charge in [0.15, 0.2) is 0 Å². The first-order chi connectivity index (χ1) is 7.48. The van der Waals surface area contributed by atoms with E-state index in [2.05, 4.69) is 27.7 Å². The van der Waals surface area contributed by atoms with Crippen molar-refractivity contribution in [1.29, 1.82) is 0 Å². The number of alkyl halides is 1. The van der Waals surface area contributed by atoms with Gasteiger partial charge in [-0.25, -0.2) is 0 Å². The monoisotopic (exact) mass is 246 g/mol. The summed E-state index contributed by atoms with van der Waals surface area (Å²) >= 11 is 6.34. The number of hydrogen-bond donors (Lipinski definition) is 0. The predicted octanol–water partition coefficient (Wildman–Crippen LogP) is 6.17. The van der Waals surface area contributed by atoms with Gasteiger partial charge in [0.2, 0.25) is 0 Å². The lowest BCUT2D eigenvalue weighted by molar-refractivity contribution is 0.364. The van der Waals surface area contributed by atoms with Gasteiger partial charge in [-0.3, -0.25) is 0 Å². The van der Waals surface area contributed by atoms with Crippen LogP contribution in [0.2, 0.25) is 0 Å². The van der Waals surface area contributed by atoms with Crippen LogP contribution in [0.3, 0.4) is 0 Å². The van der Waals surface area contributed by atoms with Crippen molar-refractivity contribution >= 4 is 11.6 Å². The summed E-state index contributed by atoms with van der Waals surface area (Å²) in [6.07, 6.45) is 12.3. The minimum atomic E-state index is 0.267. The van der Waals surface area contributed by atoms with Gasteiger partial charge < -0.3 is 0 Å². The van der Waals surface area contributed by atoms with Crippen molar-refractivity contribution in [1.82, 2.24) is 0 Å². The van der Waals surface area contributed by atoms with Crippen LogP contribution in [0.25, 0.3) is 0 Å². The van der Waals surface area contributed by atoms with Gasteiger partial charge in [0.1, 0.15) is 0 Å². The summed E-state index contributed by atoms with van der Waals surface area (Å²) in [5, 5.41) is 0.340. The molecule has 0 N–H and O–H groups in total. The molecule has 98 valence electrons. The minimum absolute atomic E-state index is 0.267. The highest BCUT2D eigenvalue weighted by atomic mass is 35.5. The topological polar surface area (TPSA) is 0 Å². The number of rotatable bonds is 9. The molecule has 0 aliphatic carbocycles. The third-order valence-electron chi connectivity index (χ3n) is 3.25. The zero-order chi connectivity index (χ0) is 12.4. The largest absolute Gasteiger partial charge is 0.122 e. The smallest absolute Gasteiger partial charge is 0.0384 e. The Hall–Kier alpha value is 0.290. The van der Waals surface area contributed by atoms with Crippen molar-refractivity contribution in [3.8, 4) is 0 Å². The van der Waals surface area contributed by atoms with Crippen molar-refractivity contribution in [3.05, 3.63) is 0 Å². The van der Waals surface area contributed by atoms with Crippen LogP contribution in [0, 0.1) is 5.41 Å². The average molecular weight is 247 g/mol. The van der Waals surface area contributed by atoms with E-state index in [1.807, 2.05) is 0 Å². The van der Waals surface area contributed by atoms with Crippen molar-refractivity contribution in [2.75, 3.05) is 0 Å². The lowest BCUT2D eigenvalue weighted by Crippen LogP contribution is -2.20. The molecule has 0 saturated carbocycles. The summed E-state index contributed by atoms with van der Waals surface area (Å²) < 4.78 is 0. The molecule has 0 aliphatic rings. The lowest BCUT2D eigenvalue weighted by atomic mass is 9.88. The summed E-state index contributed by atoms with van der Waals surface area (Å²) in [6, 6.07) is 0. The predicted molar refractivity (Wildman–Crippen MR) is 76.3 cm³/mol. The quantitative estimate of drug-likeness (QED) is 0.337.